The van der Waals surface area contributed by atoms with Crippen molar-refractivity contribution in [1.29, 1.82) is 0 Å². The molecule has 1 heterocycles. The van der Waals surface area contributed by atoms with Gasteiger partial charge in [0, 0.05) is 36.4 Å². The zero-order valence-corrected chi connectivity index (χ0v) is 12.8. The highest BCUT2D eigenvalue weighted by Crippen LogP contribution is 2.32. The molecule has 1 aromatic heterocycles. The summed E-state index contributed by atoms with van der Waals surface area (Å²) in [5, 5.41) is 10.5. The summed E-state index contributed by atoms with van der Waals surface area (Å²) in [6, 6.07) is 0.719. The lowest BCUT2D eigenvalue weighted by molar-refractivity contribution is 0.417. The molecule has 2 N–H and O–H groups in total. The monoisotopic (exact) mass is 298 g/mol. The maximum Gasteiger partial charge on any atom is 0.262 e. The van der Waals surface area contributed by atoms with Crippen LogP contribution in [0.4, 0.5) is 0 Å². The molecule has 0 aromatic carbocycles. The van der Waals surface area contributed by atoms with Crippen LogP contribution in [0.5, 0.6) is 0 Å². The van der Waals surface area contributed by atoms with Gasteiger partial charge < -0.3 is 5.32 Å². The van der Waals surface area contributed by atoms with E-state index in [1.165, 1.54) is 12.8 Å². The van der Waals surface area contributed by atoms with Gasteiger partial charge in [-0.3, -0.25) is 5.10 Å². The lowest BCUT2D eigenvalue weighted by atomic mass is 10.2. The molecule has 2 fully saturated rings. The molecule has 1 aromatic rings. The molecule has 0 bridgehead atoms. The van der Waals surface area contributed by atoms with Crippen molar-refractivity contribution in [3.05, 3.63) is 11.3 Å². The van der Waals surface area contributed by atoms with Crippen LogP contribution in [-0.4, -0.2) is 41.5 Å². The number of nitrogens with one attached hydrogen (secondary N) is 2. The summed E-state index contributed by atoms with van der Waals surface area (Å²) in [6.07, 6.45) is 4.29. The van der Waals surface area contributed by atoms with Crippen LogP contribution >= 0.6 is 0 Å². The molecule has 0 unspecified atom stereocenters. The number of rotatable bonds is 7. The largest absolute Gasteiger partial charge is 0.310 e. The van der Waals surface area contributed by atoms with Gasteiger partial charge in [-0.2, -0.15) is 9.40 Å². The summed E-state index contributed by atoms with van der Waals surface area (Å²) in [7, 11) is -3.47. The maximum absolute atomic E-state index is 12.8. The molecule has 7 heteroatoms. The third-order valence-corrected chi connectivity index (χ3v) is 6.00. The summed E-state index contributed by atoms with van der Waals surface area (Å²) >= 11 is 0. The number of aryl methyl sites for hydroxylation is 1. The van der Waals surface area contributed by atoms with Gasteiger partial charge in [0.05, 0.1) is 0 Å². The Morgan fingerprint density at radius 1 is 1.35 bits per heavy atom. The van der Waals surface area contributed by atoms with E-state index in [9.17, 15) is 8.42 Å². The number of sulfonamides is 1. The maximum atomic E-state index is 12.8. The van der Waals surface area contributed by atoms with E-state index in [0.29, 0.717) is 19.1 Å². The second-order valence-corrected chi connectivity index (χ2v) is 7.53. The van der Waals surface area contributed by atoms with Gasteiger partial charge in [0.25, 0.3) is 10.0 Å². The van der Waals surface area contributed by atoms with Crippen LogP contribution in [0.2, 0.25) is 0 Å². The topological polar surface area (TPSA) is 78.1 Å². The summed E-state index contributed by atoms with van der Waals surface area (Å²) in [5.41, 5.74) is 1.62. The van der Waals surface area contributed by atoms with Crippen molar-refractivity contribution in [1.82, 2.24) is 19.8 Å². The molecule has 0 saturated heterocycles. The van der Waals surface area contributed by atoms with Gasteiger partial charge >= 0.3 is 0 Å². The van der Waals surface area contributed by atoms with Crippen LogP contribution in [0.3, 0.4) is 0 Å². The average molecular weight is 298 g/mol. The van der Waals surface area contributed by atoms with Crippen LogP contribution < -0.4 is 5.32 Å². The SMILES string of the molecule is CCN(C1CC1)S(=O)(=O)c1n[nH]c(C)c1CNC1CC1. The van der Waals surface area contributed by atoms with E-state index in [1.54, 1.807) is 4.31 Å². The van der Waals surface area contributed by atoms with Crippen LogP contribution in [0.15, 0.2) is 5.03 Å². The Labute approximate surface area is 120 Å². The van der Waals surface area contributed by atoms with Gasteiger partial charge in [0.1, 0.15) is 0 Å². The second kappa shape index (κ2) is 5.13. The highest BCUT2D eigenvalue weighted by Gasteiger charge is 2.39. The van der Waals surface area contributed by atoms with Crippen molar-refractivity contribution in [2.45, 2.75) is 63.2 Å². The molecular weight excluding hydrogens is 276 g/mol. The second-order valence-electron chi connectivity index (χ2n) is 5.73. The smallest absolute Gasteiger partial charge is 0.262 e. The van der Waals surface area contributed by atoms with Gasteiger partial charge in [-0.15, -0.1) is 0 Å². The van der Waals surface area contributed by atoms with Gasteiger partial charge in [0.2, 0.25) is 0 Å². The predicted octanol–water partition coefficient (Wildman–Crippen LogP) is 1.14. The van der Waals surface area contributed by atoms with E-state index < -0.39 is 10.0 Å². The Morgan fingerprint density at radius 2 is 2.05 bits per heavy atom. The molecular formula is C13H22N4O2S. The first-order valence-electron chi connectivity index (χ1n) is 7.33. The van der Waals surface area contributed by atoms with E-state index in [0.717, 1.165) is 24.1 Å². The fraction of sp³-hybridized carbons (Fsp3) is 0.769. The van der Waals surface area contributed by atoms with Crippen LogP contribution in [0, 0.1) is 6.92 Å². The minimum absolute atomic E-state index is 0.172. The van der Waals surface area contributed by atoms with Gasteiger partial charge in [-0.05, 0) is 32.6 Å². The lowest BCUT2D eigenvalue weighted by Crippen LogP contribution is -2.34. The minimum atomic E-state index is -3.47. The Balaban J connectivity index is 1.87. The predicted molar refractivity (Wildman–Crippen MR) is 75.8 cm³/mol. The molecule has 2 aliphatic rings. The molecule has 0 amide bonds. The number of nitrogens with zero attached hydrogens (tertiary/aromatic N) is 2. The van der Waals surface area contributed by atoms with Crippen molar-refractivity contribution >= 4 is 10.0 Å². The van der Waals surface area contributed by atoms with E-state index >= 15 is 0 Å². The molecule has 20 heavy (non-hydrogen) atoms. The summed E-state index contributed by atoms with van der Waals surface area (Å²) in [5.74, 6) is 0. The van der Waals surface area contributed by atoms with Gasteiger partial charge in [-0.1, -0.05) is 6.92 Å². The Bertz CT molecular complexity index is 588. The molecule has 0 spiro atoms. The number of aromatic nitrogens is 2. The summed E-state index contributed by atoms with van der Waals surface area (Å²) < 4.78 is 27.1. The van der Waals surface area contributed by atoms with Crippen molar-refractivity contribution in [2.75, 3.05) is 6.54 Å². The van der Waals surface area contributed by atoms with E-state index in [4.69, 9.17) is 0 Å². The number of H-pyrrole nitrogens is 1. The first-order valence-corrected chi connectivity index (χ1v) is 8.77. The molecule has 0 aliphatic heterocycles. The zero-order chi connectivity index (χ0) is 14.3. The van der Waals surface area contributed by atoms with E-state index in [1.807, 2.05) is 13.8 Å². The summed E-state index contributed by atoms with van der Waals surface area (Å²) in [6.45, 7) is 4.85. The van der Waals surface area contributed by atoms with Gasteiger partial charge in [-0.25, -0.2) is 8.42 Å². The molecule has 2 aliphatic carbocycles. The summed E-state index contributed by atoms with van der Waals surface area (Å²) in [4.78, 5) is 0. The quantitative estimate of drug-likeness (QED) is 0.791. The fourth-order valence-corrected chi connectivity index (χ4v) is 4.35. The Morgan fingerprint density at radius 3 is 2.60 bits per heavy atom. The standard InChI is InChI=1S/C13H22N4O2S/c1-3-17(11-6-7-11)20(18,19)13-12(9(2)15-16-13)8-14-10-4-5-10/h10-11,14H,3-8H2,1-2H3,(H,15,16). The Hall–Kier alpha value is -0.920. The van der Waals surface area contributed by atoms with Crippen LogP contribution in [-0.2, 0) is 16.6 Å². The molecule has 0 radical (unpaired) electrons. The first-order chi connectivity index (χ1) is 9.54. The van der Waals surface area contributed by atoms with E-state index in [-0.39, 0.29) is 11.1 Å². The van der Waals surface area contributed by atoms with Gasteiger partial charge in [0.15, 0.2) is 5.03 Å². The van der Waals surface area contributed by atoms with Crippen molar-refractivity contribution in [2.24, 2.45) is 0 Å². The average Bonchev–Trinajstić information content (AvgIpc) is 3.29. The normalized spacial score (nSPS) is 19.8. The third kappa shape index (κ3) is 2.62. The van der Waals surface area contributed by atoms with Crippen molar-refractivity contribution in [3.63, 3.8) is 0 Å². The van der Waals surface area contributed by atoms with Crippen LogP contribution in [0.25, 0.3) is 0 Å². The zero-order valence-electron chi connectivity index (χ0n) is 12.0. The molecule has 112 valence electrons. The van der Waals surface area contributed by atoms with Crippen molar-refractivity contribution < 1.29 is 8.42 Å². The number of aromatic amines is 1. The molecule has 3 rings (SSSR count). The van der Waals surface area contributed by atoms with Crippen molar-refractivity contribution in [3.8, 4) is 0 Å². The third-order valence-electron chi connectivity index (χ3n) is 4.00. The Kier molecular flexibility index (Phi) is 3.60. The van der Waals surface area contributed by atoms with Crippen LogP contribution in [0.1, 0.15) is 43.9 Å². The molecule has 6 nitrogen and oxygen atoms in total. The highest BCUT2D eigenvalue weighted by atomic mass is 32.2. The lowest BCUT2D eigenvalue weighted by Gasteiger charge is -2.19. The fourth-order valence-electron chi connectivity index (χ4n) is 2.48. The number of hydrogen-bond donors (Lipinski definition) is 2. The minimum Gasteiger partial charge on any atom is -0.310 e. The molecule has 2 saturated carbocycles. The number of hydrogen-bond acceptors (Lipinski definition) is 4. The first kappa shape index (κ1) is 14.0. The van der Waals surface area contributed by atoms with E-state index in [2.05, 4.69) is 15.5 Å². The molecule has 0 atom stereocenters. The highest BCUT2D eigenvalue weighted by molar-refractivity contribution is 7.89.